The molecule has 4 nitrogen and oxygen atoms in total. The largest absolute Gasteiger partial charge is 0.394 e. The van der Waals surface area contributed by atoms with E-state index in [2.05, 4.69) is 42.1 Å². The summed E-state index contributed by atoms with van der Waals surface area (Å²) >= 11 is 6.42. The molecule has 25 heavy (non-hydrogen) atoms. The fourth-order valence-electron chi connectivity index (χ4n) is 2.50. The number of nitrogens with zero attached hydrogens (tertiary/aromatic N) is 3. The molecule has 0 amide bonds. The van der Waals surface area contributed by atoms with E-state index in [0.717, 1.165) is 0 Å². The maximum Gasteiger partial charge on any atom is 0.167 e. The van der Waals surface area contributed by atoms with Gasteiger partial charge in [-0.15, -0.1) is 10.2 Å². The van der Waals surface area contributed by atoms with Gasteiger partial charge < -0.3 is 9.67 Å². The second-order valence-electron chi connectivity index (χ2n) is 5.50. The standard InChI is InChI=1S/C17H13Br2F2N3O/c1-9(8-25)24-16(12-4-2-10(18)6-14(12)20)22-23-17(24)13-5-3-11(19)7-15(13)21/h2-7,9,25H,8H2,1H3. The summed E-state index contributed by atoms with van der Waals surface area (Å²) in [7, 11) is 0. The molecule has 3 rings (SSSR count). The Morgan fingerprint density at radius 2 is 1.40 bits per heavy atom. The minimum absolute atomic E-state index is 0.222. The first kappa shape index (κ1) is 18.2. The van der Waals surface area contributed by atoms with Gasteiger partial charge in [-0.25, -0.2) is 8.78 Å². The molecule has 0 saturated carbocycles. The van der Waals surface area contributed by atoms with Crippen molar-refractivity contribution in [1.29, 1.82) is 0 Å². The van der Waals surface area contributed by atoms with Gasteiger partial charge in [-0.2, -0.15) is 0 Å². The highest BCUT2D eigenvalue weighted by Crippen LogP contribution is 2.32. The predicted octanol–water partition coefficient (Wildman–Crippen LogP) is 4.97. The maximum atomic E-state index is 14.4. The highest BCUT2D eigenvalue weighted by molar-refractivity contribution is 9.10. The molecule has 1 atom stereocenters. The molecule has 0 aliphatic carbocycles. The van der Waals surface area contributed by atoms with Crippen LogP contribution >= 0.6 is 31.9 Å². The van der Waals surface area contributed by atoms with Gasteiger partial charge in [0.15, 0.2) is 11.6 Å². The molecule has 0 radical (unpaired) electrons. The summed E-state index contributed by atoms with van der Waals surface area (Å²) in [5, 5.41) is 17.7. The van der Waals surface area contributed by atoms with Gasteiger partial charge in [-0.05, 0) is 43.3 Å². The van der Waals surface area contributed by atoms with Crippen molar-refractivity contribution in [3.05, 3.63) is 57.0 Å². The van der Waals surface area contributed by atoms with Crippen LogP contribution in [0.2, 0.25) is 0 Å². The molecule has 3 aromatic rings. The minimum Gasteiger partial charge on any atom is -0.394 e. The van der Waals surface area contributed by atoms with E-state index in [4.69, 9.17) is 0 Å². The molecule has 1 heterocycles. The van der Waals surface area contributed by atoms with Gasteiger partial charge in [0.05, 0.1) is 23.8 Å². The van der Waals surface area contributed by atoms with Crippen LogP contribution in [0.1, 0.15) is 13.0 Å². The Hall–Kier alpha value is -1.64. The van der Waals surface area contributed by atoms with E-state index >= 15 is 0 Å². The number of aliphatic hydroxyl groups is 1. The molecule has 1 aromatic heterocycles. The molecule has 8 heteroatoms. The van der Waals surface area contributed by atoms with Crippen molar-refractivity contribution >= 4 is 31.9 Å². The van der Waals surface area contributed by atoms with Gasteiger partial charge in [0.2, 0.25) is 0 Å². The Balaban J connectivity index is 2.23. The molecule has 130 valence electrons. The summed E-state index contributed by atoms with van der Waals surface area (Å²) in [6, 6.07) is 8.65. The minimum atomic E-state index is -0.490. The van der Waals surface area contributed by atoms with Gasteiger partial charge >= 0.3 is 0 Å². The molecule has 0 aliphatic heterocycles. The molecule has 1 unspecified atom stereocenters. The molecule has 1 N–H and O–H groups in total. The van der Waals surface area contributed by atoms with Crippen LogP contribution in [0.4, 0.5) is 8.78 Å². The lowest BCUT2D eigenvalue weighted by Crippen LogP contribution is -2.13. The summed E-state index contributed by atoms with van der Waals surface area (Å²) < 4.78 is 31.5. The molecule has 0 bridgehead atoms. The van der Waals surface area contributed by atoms with Crippen LogP contribution in [-0.2, 0) is 0 Å². The summed E-state index contributed by atoms with van der Waals surface area (Å²) in [6.07, 6.45) is 0. The number of benzene rings is 2. The second kappa shape index (κ2) is 7.31. The van der Waals surface area contributed by atoms with E-state index in [1.807, 2.05) is 0 Å². The molecule has 0 spiro atoms. The van der Waals surface area contributed by atoms with Gasteiger partial charge in [-0.3, -0.25) is 0 Å². The van der Waals surface area contributed by atoms with Crippen molar-refractivity contribution in [3.63, 3.8) is 0 Å². The van der Waals surface area contributed by atoms with E-state index in [1.165, 1.54) is 12.1 Å². The van der Waals surface area contributed by atoms with Crippen LogP contribution in [-0.4, -0.2) is 26.5 Å². The van der Waals surface area contributed by atoms with Crippen molar-refractivity contribution in [3.8, 4) is 22.8 Å². The normalized spacial score (nSPS) is 12.4. The predicted molar refractivity (Wildman–Crippen MR) is 98.0 cm³/mol. The summed E-state index contributed by atoms with van der Waals surface area (Å²) in [4.78, 5) is 0. The maximum absolute atomic E-state index is 14.4. The van der Waals surface area contributed by atoms with Crippen LogP contribution in [0.3, 0.4) is 0 Å². The number of hydrogen-bond acceptors (Lipinski definition) is 3. The van der Waals surface area contributed by atoms with Crippen LogP contribution in [0.5, 0.6) is 0 Å². The van der Waals surface area contributed by atoms with E-state index in [-0.39, 0.29) is 29.4 Å². The second-order valence-corrected chi connectivity index (χ2v) is 7.33. The highest BCUT2D eigenvalue weighted by atomic mass is 79.9. The Bertz CT molecular complexity index is 861. The lowest BCUT2D eigenvalue weighted by atomic mass is 10.1. The van der Waals surface area contributed by atoms with E-state index in [1.54, 1.807) is 35.8 Å². The summed E-state index contributed by atoms with van der Waals surface area (Å²) in [5.41, 5.74) is 0.444. The molecular weight excluding hydrogens is 460 g/mol. The molecule has 0 aliphatic rings. The number of aliphatic hydroxyl groups excluding tert-OH is 1. The average Bonchev–Trinajstić information content (AvgIpc) is 2.98. The van der Waals surface area contributed by atoms with Gasteiger partial charge in [0, 0.05) is 8.95 Å². The Morgan fingerprint density at radius 1 is 0.960 bits per heavy atom. The fourth-order valence-corrected chi connectivity index (χ4v) is 3.17. The monoisotopic (exact) mass is 471 g/mol. The Kier molecular flexibility index (Phi) is 5.31. The summed E-state index contributed by atoms with van der Waals surface area (Å²) in [6.45, 7) is 1.50. The quantitative estimate of drug-likeness (QED) is 0.583. The zero-order valence-electron chi connectivity index (χ0n) is 13.0. The van der Waals surface area contributed by atoms with Crippen molar-refractivity contribution in [2.45, 2.75) is 13.0 Å². The average molecular weight is 473 g/mol. The first-order valence-corrected chi connectivity index (χ1v) is 8.97. The van der Waals surface area contributed by atoms with E-state index in [0.29, 0.717) is 8.95 Å². The molecular formula is C17H13Br2F2N3O. The first-order valence-electron chi connectivity index (χ1n) is 7.39. The molecule has 2 aromatic carbocycles. The van der Waals surface area contributed by atoms with Crippen molar-refractivity contribution < 1.29 is 13.9 Å². The van der Waals surface area contributed by atoms with E-state index < -0.39 is 17.7 Å². The molecule has 0 fully saturated rings. The Labute approximate surface area is 159 Å². The summed E-state index contributed by atoms with van der Waals surface area (Å²) in [5.74, 6) is -0.528. The van der Waals surface area contributed by atoms with Crippen molar-refractivity contribution in [1.82, 2.24) is 14.8 Å². The third kappa shape index (κ3) is 3.51. The number of rotatable bonds is 4. The van der Waals surface area contributed by atoms with E-state index in [9.17, 15) is 13.9 Å². The number of hydrogen-bond donors (Lipinski definition) is 1. The van der Waals surface area contributed by atoms with Crippen molar-refractivity contribution in [2.75, 3.05) is 6.61 Å². The first-order chi connectivity index (χ1) is 11.9. The zero-order valence-corrected chi connectivity index (χ0v) is 16.2. The van der Waals surface area contributed by atoms with Crippen LogP contribution in [0.15, 0.2) is 45.3 Å². The van der Waals surface area contributed by atoms with Crippen LogP contribution < -0.4 is 0 Å². The van der Waals surface area contributed by atoms with Crippen LogP contribution in [0, 0.1) is 11.6 Å². The highest BCUT2D eigenvalue weighted by Gasteiger charge is 2.23. The van der Waals surface area contributed by atoms with Crippen LogP contribution in [0.25, 0.3) is 22.8 Å². The molecule has 0 saturated heterocycles. The van der Waals surface area contributed by atoms with Crippen molar-refractivity contribution in [2.24, 2.45) is 0 Å². The third-order valence-electron chi connectivity index (χ3n) is 3.74. The third-order valence-corrected chi connectivity index (χ3v) is 4.73. The SMILES string of the molecule is CC(CO)n1c(-c2ccc(Br)cc2F)nnc1-c1ccc(Br)cc1F. The number of aromatic nitrogens is 3. The smallest absolute Gasteiger partial charge is 0.167 e. The van der Waals surface area contributed by atoms with Gasteiger partial charge in [0.25, 0.3) is 0 Å². The number of halogens is 4. The zero-order chi connectivity index (χ0) is 18.1. The lowest BCUT2D eigenvalue weighted by molar-refractivity contribution is 0.240. The van der Waals surface area contributed by atoms with Gasteiger partial charge in [0.1, 0.15) is 11.6 Å². The van der Waals surface area contributed by atoms with Gasteiger partial charge in [-0.1, -0.05) is 31.9 Å². The lowest BCUT2D eigenvalue weighted by Gasteiger charge is -2.17. The topological polar surface area (TPSA) is 50.9 Å². The Morgan fingerprint density at radius 3 is 1.76 bits per heavy atom. The fraction of sp³-hybridized carbons (Fsp3) is 0.176.